The van der Waals surface area contributed by atoms with Gasteiger partial charge in [-0.25, -0.2) is 0 Å². The lowest BCUT2D eigenvalue weighted by atomic mass is 10.3. The lowest BCUT2D eigenvalue weighted by molar-refractivity contribution is -0.140. The molecule has 2 N–H and O–H groups in total. The molecule has 7 heteroatoms. The number of carbonyl (C=O) groups excluding carboxylic acids is 1. The molecule has 1 rings (SSSR count). The molecule has 0 spiro atoms. The summed E-state index contributed by atoms with van der Waals surface area (Å²) >= 11 is 8.68. The Morgan fingerprint density at radius 2 is 2.29 bits per heavy atom. The van der Waals surface area contributed by atoms with Crippen molar-refractivity contribution in [1.82, 2.24) is 5.32 Å². The summed E-state index contributed by atoms with van der Waals surface area (Å²) in [6, 6.07) is 2.88. The molecule has 0 aliphatic carbocycles. The zero-order chi connectivity index (χ0) is 12.8. The minimum Gasteiger partial charge on any atom is -0.480 e. The van der Waals surface area contributed by atoms with Crippen molar-refractivity contribution in [3.63, 3.8) is 0 Å². The van der Waals surface area contributed by atoms with Crippen LogP contribution in [0.2, 0.25) is 4.34 Å². The number of thioether (sulfide) groups is 1. The van der Waals surface area contributed by atoms with Crippen molar-refractivity contribution < 1.29 is 14.7 Å². The molecule has 1 heterocycles. The standard InChI is InChI=1S/C10H12ClNO3S2/c1-6(10(14)15)12-9(13)5-16-4-7-2-3-8(11)17-7/h2-3,6H,4-5H2,1H3,(H,12,13)(H,14,15)/t6-/m1/s1. The highest BCUT2D eigenvalue weighted by Gasteiger charge is 2.13. The van der Waals surface area contributed by atoms with E-state index in [0.29, 0.717) is 5.75 Å². The van der Waals surface area contributed by atoms with Crippen LogP contribution in [0.1, 0.15) is 11.8 Å². The molecule has 0 saturated heterocycles. The normalized spacial score (nSPS) is 12.1. The zero-order valence-corrected chi connectivity index (χ0v) is 11.5. The highest BCUT2D eigenvalue weighted by Crippen LogP contribution is 2.24. The summed E-state index contributed by atoms with van der Waals surface area (Å²) in [6.45, 7) is 1.43. The number of aliphatic carboxylic acids is 1. The van der Waals surface area contributed by atoms with Crippen LogP contribution in [-0.2, 0) is 15.3 Å². The average molecular weight is 294 g/mol. The molecule has 4 nitrogen and oxygen atoms in total. The van der Waals surface area contributed by atoms with E-state index in [9.17, 15) is 9.59 Å². The summed E-state index contributed by atoms with van der Waals surface area (Å²) in [5.74, 6) is -0.361. The van der Waals surface area contributed by atoms with Gasteiger partial charge in [0.1, 0.15) is 6.04 Å². The molecule has 0 unspecified atom stereocenters. The number of carbonyl (C=O) groups is 2. The number of amides is 1. The van der Waals surface area contributed by atoms with Crippen molar-refractivity contribution >= 4 is 46.6 Å². The van der Waals surface area contributed by atoms with Gasteiger partial charge in [-0.2, -0.15) is 0 Å². The smallest absolute Gasteiger partial charge is 0.325 e. The van der Waals surface area contributed by atoms with Crippen molar-refractivity contribution in [1.29, 1.82) is 0 Å². The number of carboxylic acids is 1. The highest BCUT2D eigenvalue weighted by atomic mass is 35.5. The molecule has 1 amide bonds. The van der Waals surface area contributed by atoms with Crippen molar-refractivity contribution in [2.75, 3.05) is 5.75 Å². The number of halogens is 1. The Labute approximate surface area is 112 Å². The van der Waals surface area contributed by atoms with Gasteiger partial charge in [-0.15, -0.1) is 23.1 Å². The number of rotatable bonds is 6. The molecule has 0 aliphatic heterocycles. The van der Waals surface area contributed by atoms with Gasteiger partial charge in [0.2, 0.25) is 5.91 Å². The number of hydrogen-bond acceptors (Lipinski definition) is 4. The monoisotopic (exact) mass is 293 g/mol. The molecular formula is C10H12ClNO3S2. The Kier molecular flexibility index (Phi) is 5.80. The maximum atomic E-state index is 11.3. The van der Waals surface area contributed by atoms with Gasteiger partial charge in [-0.1, -0.05) is 11.6 Å². The molecule has 0 bridgehead atoms. The Morgan fingerprint density at radius 3 is 2.82 bits per heavy atom. The van der Waals surface area contributed by atoms with Crippen LogP contribution in [0, 0.1) is 0 Å². The Balaban J connectivity index is 2.22. The van der Waals surface area contributed by atoms with Crippen LogP contribution in [0.3, 0.4) is 0 Å². The first-order valence-electron chi connectivity index (χ1n) is 4.83. The predicted molar refractivity (Wildman–Crippen MR) is 70.7 cm³/mol. The summed E-state index contributed by atoms with van der Waals surface area (Å²) in [6.07, 6.45) is 0. The average Bonchev–Trinajstić information content (AvgIpc) is 2.64. The molecule has 94 valence electrons. The number of carboxylic acid groups (broad SMARTS) is 1. The molecule has 0 radical (unpaired) electrons. The summed E-state index contributed by atoms with van der Waals surface area (Å²) in [7, 11) is 0. The fraction of sp³-hybridized carbons (Fsp3) is 0.400. The quantitative estimate of drug-likeness (QED) is 0.844. The summed E-state index contributed by atoms with van der Waals surface area (Å²) in [4.78, 5) is 22.9. The van der Waals surface area contributed by atoms with E-state index in [1.165, 1.54) is 30.0 Å². The number of nitrogens with one attached hydrogen (secondary N) is 1. The van der Waals surface area contributed by atoms with Crippen molar-refractivity contribution in [3.8, 4) is 0 Å². The summed E-state index contributed by atoms with van der Waals surface area (Å²) < 4.78 is 0.726. The first kappa shape index (κ1) is 14.3. The van der Waals surface area contributed by atoms with E-state index < -0.39 is 12.0 Å². The number of thiophene rings is 1. The van der Waals surface area contributed by atoms with Crippen LogP contribution in [0.15, 0.2) is 12.1 Å². The van der Waals surface area contributed by atoms with Gasteiger partial charge in [-0.3, -0.25) is 9.59 Å². The fourth-order valence-corrected chi connectivity index (χ4v) is 3.06. The van der Waals surface area contributed by atoms with Gasteiger partial charge < -0.3 is 10.4 Å². The zero-order valence-electron chi connectivity index (χ0n) is 9.10. The van der Waals surface area contributed by atoms with Gasteiger partial charge in [-0.05, 0) is 19.1 Å². The molecular weight excluding hydrogens is 282 g/mol. The molecule has 17 heavy (non-hydrogen) atoms. The largest absolute Gasteiger partial charge is 0.480 e. The van der Waals surface area contributed by atoms with E-state index in [2.05, 4.69) is 5.32 Å². The van der Waals surface area contributed by atoms with Crippen LogP contribution < -0.4 is 5.32 Å². The fourth-order valence-electron chi connectivity index (χ4n) is 1.02. The van der Waals surface area contributed by atoms with Crippen LogP contribution in [0.25, 0.3) is 0 Å². The van der Waals surface area contributed by atoms with Gasteiger partial charge in [0.15, 0.2) is 0 Å². The second-order valence-electron chi connectivity index (χ2n) is 3.33. The van der Waals surface area contributed by atoms with E-state index in [1.54, 1.807) is 0 Å². The van der Waals surface area contributed by atoms with Gasteiger partial charge >= 0.3 is 5.97 Å². The molecule has 1 aromatic heterocycles. The van der Waals surface area contributed by atoms with Crippen molar-refractivity contribution in [3.05, 3.63) is 21.3 Å². The lowest BCUT2D eigenvalue weighted by Gasteiger charge is -2.08. The third kappa shape index (κ3) is 5.43. The van der Waals surface area contributed by atoms with Gasteiger partial charge in [0, 0.05) is 10.6 Å². The topological polar surface area (TPSA) is 66.4 Å². The van der Waals surface area contributed by atoms with Crippen LogP contribution in [0.4, 0.5) is 0 Å². The van der Waals surface area contributed by atoms with E-state index in [1.807, 2.05) is 12.1 Å². The Morgan fingerprint density at radius 1 is 1.59 bits per heavy atom. The minimum absolute atomic E-state index is 0.243. The molecule has 0 saturated carbocycles. The van der Waals surface area contributed by atoms with Crippen LogP contribution in [-0.4, -0.2) is 28.8 Å². The maximum Gasteiger partial charge on any atom is 0.325 e. The Hall–Kier alpha value is -0.720. The molecule has 0 aromatic carbocycles. The lowest BCUT2D eigenvalue weighted by Crippen LogP contribution is -2.39. The third-order valence-electron chi connectivity index (χ3n) is 1.85. The highest BCUT2D eigenvalue weighted by molar-refractivity contribution is 7.99. The molecule has 0 aliphatic rings. The molecule has 1 atom stereocenters. The van der Waals surface area contributed by atoms with Crippen molar-refractivity contribution in [2.24, 2.45) is 0 Å². The maximum absolute atomic E-state index is 11.3. The first-order chi connectivity index (χ1) is 7.99. The third-order valence-corrected chi connectivity index (χ3v) is 4.25. The second kappa shape index (κ2) is 6.88. The number of hydrogen-bond donors (Lipinski definition) is 2. The van der Waals surface area contributed by atoms with E-state index in [-0.39, 0.29) is 11.7 Å². The second-order valence-corrected chi connectivity index (χ2v) is 6.11. The first-order valence-corrected chi connectivity index (χ1v) is 7.18. The molecule has 1 aromatic rings. The summed E-state index contributed by atoms with van der Waals surface area (Å²) in [5, 5.41) is 11.0. The summed E-state index contributed by atoms with van der Waals surface area (Å²) in [5.41, 5.74) is 0. The van der Waals surface area contributed by atoms with Gasteiger partial charge in [0.05, 0.1) is 10.1 Å². The molecule has 0 fully saturated rings. The van der Waals surface area contributed by atoms with Crippen molar-refractivity contribution in [2.45, 2.75) is 18.7 Å². The Bertz CT molecular complexity index is 408. The predicted octanol–water partition coefficient (Wildman–Crippen LogP) is 2.22. The van der Waals surface area contributed by atoms with Gasteiger partial charge in [0.25, 0.3) is 0 Å². The minimum atomic E-state index is -1.03. The SMILES string of the molecule is C[C@@H](NC(=O)CSCc1ccc(Cl)s1)C(=O)O. The van der Waals surface area contributed by atoms with E-state index in [0.717, 1.165) is 9.21 Å². The van der Waals surface area contributed by atoms with E-state index in [4.69, 9.17) is 16.7 Å². The van der Waals surface area contributed by atoms with Crippen LogP contribution >= 0.6 is 34.7 Å². The van der Waals surface area contributed by atoms with E-state index >= 15 is 0 Å². The van der Waals surface area contributed by atoms with Crippen LogP contribution in [0.5, 0.6) is 0 Å².